The van der Waals surface area contributed by atoms with E-state index in [4.69, 9.17) is 9.47 Å². The number of unbranched alkanes of at least 4 members (excludes halogenated alkanes) is 1. The summed E-state index contributed by atoms with van der Waals surface area (Å²) >= 11 is 0. The number of carbonyl (C=O) groups excluding carboxylic acids is 2. The van der Waals surface area contributed by atoms with Crippen LogP contribution in [0.2, 0.25) is 0 Å². The van der Waals surface area contributed by atoms with E-state index in [-0.39, 0.29) is 29.5 Å². The van der Waals surface area contributed by atoms with E-state index in [2.05, 4.69) is 17.4 Å². The molecule has 1 amide bonds. The molecule has 0 saturated heterocycles. The maximum Gasteiger partial charge on any atom is 0.338 e. The Morgan fingerprint density at radius 1 is 0.906 bits per heavy atom. The van der Waals surface area contributed by atoms with Crippen LogP contribution in [0.5, 0.6) is 11.5 Å². The molecule has 3 aromatic rings. The highest BCUT2D eigenvalue weighted by molar-refractivity contribution is 6.05. The summed E-state index contributed by atoms with van der Waals surface area (Å²) < 4.78 is 10.7. The predicted octanol–water partition coefficient (Wildman–Crippen LogP) is 5.22. The van der Waals surface area contributed by atoms with E-state index >= 15 is 0 Å². The van der Waals surface area contributed by atoms with Gasteiger partial charge in [0.2, 0.25) is 0 Å². The highest BCUT2D eigenvalue weighted by Crippen LogP contribution is 2.25. The van der Waals surface area contributed by atoms with Crippen molar-refractivity contribution in [3.63, 3.8) is 0 Å². The van der Waals surface area contributed by atoms with Crippen molar-refractivity contribution in [1.29, 1.82) is 0 Å². The van der Waals surface area contributed by atoms with E-state index in [1.54, 1.807) is 31.2 Å². The molecule has 3 aromatic carbocycles. The number of benzene rings is 3. The third-order valence-corrected chi connectivity index (χ3v) is 4.84. The zero-order valence-corrected chi connectivity index (χ0v) is 18.0. The smallest absolute Gasteiger partial charge is 0.338 e. The van der Waals surface area contributed by atoms with E-state index in [0.717, 1.165) is 19.3 Å². The molecule has 0 aromatic heterocycles. The second-order valence-electron chi connectivity index (χ2n) is 7.22. The molecular weight excluding hydrogens is 406 g/mol. The standard InChI is InChI=1S/C26H27NO5/c1-2-31-26(30)21-13-16-23(24(28)18-21)27-25(29)20-11-14-22(15-12-20)32-17-7-6-10-19-8-4-3-5-9-19/h3-5,8-9,11-16,18,28H,2,6-7,10,17H2,1H3,(H,27,29). The summed E-state index contributed by atoms with van der Waals surface area (Å²) in [7, 11) is 0. The zero-order valence-electron chi connectivity index (χ0n) is 18.0. The normalized spacial score (nSPS) is 10.4. The molecule has 6 nitrogen and oxygen atoms in total. The molecule has 2 N–H and O–H groups in total. The number of hydrogen-bond donors (Lipinski definition) is 2. The Hall–Kier alpha value is -3.80. The summed E-state index contributed by atoms with van der Waals surface area (Å²) in [6.45, 7) is 2.55. The topological polar surface area (TPSA) is 84.9 Å². The number of aromatic hydroxyl groups is 1. The number of nitrogens with one attached hydrogen (secondary N) is 1. The van der Waals surface area contributed by atoms with Crippen molar-refractivity contribution < 1.29 is 24.2 Å². The fraction of sp³-hybridized carbons (Fsp3) is 0.231. The molecule has 0 aliphatic heterocycles. The average Bonchev–Trinajstić information content (AvgIpc) is 2.81. The van der Waals surface area contributed by atoms with Crippen LogP contribution < -0.4 is 10.1 Å². The van der Waals surface area contributed by atoms with Crippen LogP contribution in [0, 0.1) is 0 Å². The monoisotopic (exact) mass is 433 g/mol. The number of amides is 1. The van der Waals surface area contributed by atoms with Gasteiger partial charge in [-0.15, -0.1) is 0 Å². The van der Waals surface area contributed by atoms with Crippen molar-refractivity contribution in [3.8, 4) is 11.5 Å². The fourth-order valence-corrected chi connectivity index (χ4v) is 3.14. The van der Waals surface area contributed by atoms with Crippen LogP contribution in [0.15, 0.2) is 72.8 Å². The van der Waals surface area contributed by atoms with Crippen LogP contribution in [0.3, 0.4) is 0 Å². The number of phenols is 1. The van der Waals surface area contributed by atoms with Gasteiger partial charge in [0.25, 0.3) is 5.91 Å². The molecule has 0 bridgehead atoms. The fourth-order valence-electron chi connectivity index (χ4n) is 3.14. The van der Waals surface area contributed by atoms with Crippen LogP contribution >= 0.6 is 0 Å². The molecule has 0 unspecified atom stereocenters. The maximum atomic E-state index is 12.5. The largest absolute Gasteiger partial charge is 0.506 e. The van der Waals surface area contributed by atoms with Gasteiger partial charge in [0.05, 0.1) is 24.5 Å². The molecule has 6 heteroatoms. The maximum absolute atomic E-state index is 12.5. The second-order valence-corrected chi connectivity index (χ2v) is 7.22. The third-order valence-electron chi connectivity index (χ3n) is 4.84. The van der Waals surface area contributed by atoms with Crippen molar-refractivity contribution in [1.82, 2.24) is 0 Å². The van der Waals surface area contributed by atoms with E-state index < -0.39 is 5.97 Å². The number of hydrogen-bond acceptors (Lipinski definition) is 5. The number of ether oxygens (including phenoxy) is 2. The first-order valence-electron chi connectivity index (χ1n) is 10.6. The molecule has 0 spiro atoms. The highest BCUT2D eigenvalue weighted by atomic mass is 16.5. The van der Waals surface area contributed by atoms with Crippen LogP contribution in [0.4, 0.5) is 5.69 Å². The Morgan fingerprint density at radius 2 is 1.62 bits per heavy atom. The minimum absolute atomic E-state index is 0.209. The lowest BCUT2D eigenvalue weighted by Crippen LogP contribution is -2.12. The van der Waals surface area contributed by atoms with Gasteiger partial charge in [-0.3, -0.25) is 4.79 Å². The minimum atomic E-state index is -0.531. The Kier molecular flexibility index (Phi) is 8.26. The second kappa shape index (κ2) is 11.6. The van der Waals surface area contributed by atoms with E-state index in [1.165, 1.54) is 23.8 Å². The number of anilines is 1. The van der Waals surface area contributed by atoms with Crippen molar-refractivity contribution in [2.75, 3.05) is 18.5 Å². The van der Waals surface area contributed by atoms with E-state index in [0.29, 0.717) is 17.9 Å². The molecule has 166 valence electrons. The molecule has 0 heterocycles. The molecule has 0 atom stereocenters. The van der Waals surface area contributed by atoms with Crippen LogP contribution in [-0.2, 0) is 11.2 Å². The van der Waals surface area contributed by atoms with Gasteiger partial charge in [0.1, 0.15) is 11.5 Å². The summed E-state index contributed by atoms with van der Waals surface area (Å²) in [5.41, 5.74) is 2.18. The number of esters is 1. The highest BCUT2D eigenvalue weighted by Gasteiger charge is 2.13. The van der Waals surface area contributed by atoms with Gasteiger partial charge in [-0.25, -0.2) is 4.79 Å². The first kappa shape index (κ1) is 22.9. The summed E-state index contributed by atoms with van der Waals surface area (Å²) in [6.07, 6.45) is 3.01. The Balaban J connectivity index is 1.47. The number of aryl methyl sites for hydroxylation is 1. The molecule has 0 aliphatic carbocycles. The van der Waals surface area contributed by atoms with Crippen molar-refractivity contribution in [2.24, 2.45) is 0 Å². The Bertz CT molecular complexity index is 1030. The van der Waals surface area contributed by atoms with Gasteiger partial charge in [-0.05, 0) is 74.2 Å². The van der Waals surface area contributed by atoms with Gasteiger partial charge in [-0.1, -0.05) is 30.3 Å². The molecule has 0 saturated carbocycles. The third kappa shape index (κ3) is 6.60. The lowest BCUT2D eigenvalue weighted by molar-refractivity contribution is 0.0526. The van der Waals surface area contributed by atoms with Gasteiger partial charge in [-0.2, -0.15) is 0 Å². The van der Waals surface area contributed by atoms with Gasteiger partial charge >= 0.3 is 5.97 Å². The summed E-state index contributed by atoms with van der Waals surface area (Å²) in [5.74, 6) is -0.419. The first-order valence-corrected chi connectivity index (χ1v) is 10.6. The van der Waals surface area contributed by atoms with Crippen LogP contribution in [0.25, 0.3) is 0 Å². The molecule has 0 radical (unpaired) electrons. The quantitative estimate of drug-likeness (QED) is 0.260. The van der Waals surface area contributed by atoms with Crippen LogP contribution in [0.1, 0.15) is 46.0 Å². The van der Waals surface area contributed by atoms with E-state index in [9.17, 15) is 14.7 Å². The first-order chi connectivity index (χ1) is 15.6. The minimum Gasteiger partial charge on any atom is -0.506 e. The summed E-state index contributed by atoms with van der Waals surface area (Å²) in [4.78, 5) is 24.2. The van der Waals surface area contributed by atoms with E-state index in [1.807, 2.05) is 18.2 Å². The molecular formula is C26H27NO5. The zero-order chi connectivity index (χ0) is 22.8. The van der Waals surface area contributed by atoms with Gasteiger partial charge in [0.15, 0.2) is 0 Å². The van der Waals surface area contributed by atoms with Gasteiger partial charge < -0.3 is 19.9 Å². The Morgan fingerprint density at radius 3 is 2.31 bits per heavy atom. The number of carbonyl (C=O) groups is 2. The number of rotatable bonds is 10. The number of phenolic OH excluding ortho intramolecular Hbond substituents is 1. The van der Waals surface area contributed by atoms with Crippen molar-refractivity contribution >= 4 is 17.6 Å². The van der Waals surface area contributed by atoms with Crippen molar-refractivity contribution in [2.45, 2.75) is 26.2 Å². The lowest BCUT2D eigenvalue weighted by atomic mass is 10.1. The van der Waals surface area contributed by atoms with Crippen LogP contribution in [-0.4, -0.2) is 30.2 Å². The molecule has 3 rings (SSSR count). The molecule has 0 fully saturated rings. The summed E-state index contributed by atoms with van der Waals surface area (Å²) in [6, 6.07) is 21.4. The van der Waals surface area contributed by atoms with Crippen molar-refractivity contribution in [3.05, 3.63) is 89.5 Å². The predicted molar refractivity (Wildman–Crippen MR) is 123 cm³/mol. The summed E-state index contributed by atoms with van der Waals surface area (Å²) in [5, 5.41) is 12.8. The average molecular weight is 434 g/mol. The Labute approximate surface area is 187 Å². The molecule has 32 heavy (non-hydrogen) atoms. The lowest BCUT2D eigenvalue weighted by Gasteiger charge is -2.10. The SMILES string of the molecule is CCOC(=O)c1ccc(NC(=O)c2ccc(OCCCCc3ccccc3)cc2)c(O)c1. The van der Waals surface area contributed by atoms with Gasteiger partial charge in [0, 0.05) is 5.56 Å². The molecule has 0 aliphatic rings.